The van der Waals surface area contributed by atoms with Crippen molar-refractivity contribution in [1.82, 2.24) is 24.4 Å². The van der Waals surface area contributed by atoms with E-state index in [-0.39, 0.29) is 11.9 Å². The highest BCUT2D eigenvalue weighted by atomic mass is 32.2. The van der Waals surface area contributed by atoms with Crippen LogP contribution in [-0.2, 0) is 16.6 Å². The largest absolute Gasteiger partial charge is 0.348 e. The zero-order valence-electron chi connectivity index (χ0n) is 19.7. The lowest BCUT2D eigenvalue weighted by atomic mass is 10.1. The predicted molar refractivity (Wildman–Crippen MR) is 130 cm³/mol. The van der Waals surface area contributed by atoms with Gasteiger partial charge in [-0.05, 0) is 63.3 Å². The van der Waals surface area contributed by atoms with E-state index in [4.69, 9.17) is 4.98 Å². The number of nitrogens with one attached hydrogen (secondary N) is 1. The number of benzene rings is 1. The summed E-state index contributed by atoms with van der Waals surface area (Å²) in [6.45, 7) is 5.57. The van der Waals surface area contributed by atoms with Gasteiger partial charge < -0.3 is 5.32 Å². The second kappa shape index (κ2) is 9.11. The maximum Gasteiger partial charge on any atom is 0.252 e. The van der Waals surface area contributed by atoms with E-state index in [2.05, 4.69) is 10.4 Å². The minimum absolute atomic E-state index is 0.148. The fourth-order valence-electron chi connectivity index (χ4n) is 4.50. The molecule has 1 aliphatic carbocycles. The van der Waals surface area contributed by atoms with Crippen LogP contribution in [0.15, 0.2) is 41.4 Å². The second-order valence-corrected chi connectivity index (χ2v) is 11.5. The van der Waals surface area contributed by atoms with Gasteiger partial charge in [0.2, 0.25) is 10.0 Å². The summed E-state index contributed by atoms with van der Waals surface area (Å²) in [6, 6.07) is 8.85. The normalized spacial score (nSPS) is 17.4. The summed E-state index contributed by atoms with van der Waals surface area (Å²) in [5.41, 5.74) is 3.13. The van der Waals surface area contributed by atoms with Gasteiger partial charge in [0.05, 0.1) is 22.0 Å². The first-order valence-electron chi connectivity index (χ1n) is 12.1. The lowest BCUT2D eigenvalue weighted by molar-refractivity contribution is 0.0952. The van der Waals surface area contributed by atoms with Gasteiger partial charge in [-0.1, -0.05) is 18.6 Å². The van der Waals surface area contributed by atoms with Gasteiger partial charge in [-0.15, -0.1) is 0 Å². The Morgan fingerprint density at radius 3 is 2.47 bits per heavy atom. The van der Waals surface area contributed by atoms with E-state index in [1.807, 2.05) is 24.6 Å². The summed E-state index contributed by atoms with van der Waals surface area (Å²) < 4.78 is 29.1. The summed E-state index contributed by atoms with van der Waals surface area (Å²) in [7, 11) is -3.46. The monoisotopic (exact) mass is 481 g/mol. The summed E-state index contributed by atoms with van der Waals surface area (Å²) in [5.74, 6) is 0.239. The number of carbonyl (C=O) groups excluding carboxylic acids is 1. The number of hydrogen-bond donors (Lipinski definition) is 1. The third kappa shape index (κ3) is 4.46. The van der Waals surface area contributed by atoms with Gasteiger partial charge in [0.25, 0.3) is 5.91 Å². The number of sulfonamides is 1. The molecule has 5 rings (SSSR count). The van der Waals surface area contributed by atoms with Crippen molar-refractivity contribution in [1.29, 1.82) is 0 Å². The third-order valence-corrected chi connectivity index (χ3v) is 8.56. The first kappa shape index (κ1) is 23.0. The molecule has 180 valence electrons. The molecule has 1 aromatic carbocycles. The van der Waals surface area contributed by atoms with E-state index in [9.17, 15) is 13.2 Å². The van der Waals surface area contributed by atoms with E-state index in [1.54, 1.807) is 34.8 Å². The molecule has 1 aliphatic heterocycles. The quantitative estimate of drug-likeness (QED) is 0.550. The smallest absolute Gasteiger partial charge is 0.252 e. The number of nitrogens with zero attached hydrogens (tertiary/aromatic N) is 4. The lowest BCUT2D eigenvalue weighted by Gasteiger charge is -2.25. The number of aromatic nitrogens is 3. The maximum atomic E-state index is 13.2. The highest BCUT2D eigenvalue weighted by Gasteiger charge is 2.28. The molecular formula is C25H31N5O3S. The van der Waals surface area contributed by atoms with E-state index in [1.165, 1.54) is 0 Å². The molecule has 0 bridgehead atoms. The molecule has 1 saturated heterocycles. The Balaban J connectivity index is 1.32. The average molecular weight is 482 g/mol. The number of piperidine rings is 1. The average Bonchev–Trinajstić information content (AvgIpc) is 3.61. The van der Waals surface area contributed by atoms with Crippen molar-refractivity contribution in [2.24, 2.45) is 0 Å². The highest BCUT2D eigenvalue weighted by molar-refractivity contribution is 7.89. The van der Waals surface area contributed by atoms with Crippen molar-refractivity contribution in [2.75, 3.05) is 13.1 Å². The Bertz CT molecular complexity index is 1300. The van der Waals surface area contributed by atoms with Crippen LogP contribution < -0.4 is 5.32 Å². The van der Waals surface area contributed by atoms with E-state index in [0.29, 0.717) is 36.0 Å². The Hall–Kier alpha value is -2.78. The van der Waals surface area contributed by atoms with Crippen molar-refractivity contribution in [3.63, 3.8) is 0 Å². The van der Waals surface area contributed by atoms with Crippen LogP contribution >= 0.6 is 0 Å². The van der Waals surface area contributed by atoms with E-state index in [0.717, 1.165) is 54.4 Å². The molecule has 9 heteroatoms. The van der Waals surface area contributed by atoms with Crippen LogP contribution in [-0.4, -0.2) is 46.5 Å². The number of pyridine rings is 1. The standard InChI is InChI=1S/C25H31N5O3S/c1-17(2)30-24-22(16-27-30)21(14-23(28-24)19-8-9-19)25(31)26-15-18-6-10-20(11-7-18)34(32,33)29-12-4-3-5-13-29/h6-7,10-11,14,16-17,19H,3-5,8-9,12-13,15H2,1-2H3,(H,26,31). The van der Waals surface area contributed by atoms with Crippen LogP contribution in [0.1, 0.15) is 79.5 Å². The lowest BCUT2D eigenvalue weighted by Crippen LogP contribution is -2.35. The van der Waals surface area contributed by atoms with Gasteiger partial charge in [-0.25, -0.2) is 18.1 Å². The van der Waals surface area contributed by atoms with Gasteiger partial charge in [-0.3, -0.25) is 4.79 Å². The second-order valence-electron chi connectivity index (χ2n) is 9.58. The molecule has 8 nitrogen and oxygen atoms in total. The highest BCUT2D eigenvalue weighted by Crippen LogP contribution is 2.40. The summed E-state index contributed by atoms with van der Waals surface area (Å²) in [4.78, 5) is 18.3. The SMILES string of the molecule is CC(C)n1ncc2c(C(=O)NCc3ccc(S(=O)(=O)N4CCCCC4)cc3)cc(C3CC3)nc21. The first-order valence-corrected chi connectivity index (χ1v) is 13.5. The number of fused-ring (bicyclic) bond motifs is 1. The van der Waals surface area contributed by atoms with Crippen LogP contribution in [0, 0.1) is 0 Å². The molecule has 2 aromatic heterocycles. The topological polar surface area (TPSA) is 97.2 Å². The van der Waals surface area contributed by atoms with E-state index >= 15 is 0 Å². The van der Waals surface area contributed by atoms with E-state index < -0.39 is 10.0 Å². The number of carbonyl (C=O) groups is 1. The Kier molecular flexibility index (Phi) is 6.16. The Morgan fingerprint density at radius 2 is 1.82 bits per heavy atom. The summed E-state index contributed by atoms with van der Waals surface area (Å²) in [6.07, 6.45) is 6.81. The van der Waals surface area contributed by atoms with Crippen LogP contribution in [0.25, 0.3) is 11.0 Å². The maximum absolute atomic E-state index is 13.2. The summed E-state index contributed by atoms with van der Waals surface area (Å²) >= 11 is 0. The molecule has 3 heterocycles. The fourth-order valence-corrected chi connectivity index (χ4v) is 6.02. The van der Waals surface area contributed by atoms with Gasteiger partial charge in [-0.2, -0.15) is 9.40 Å². The Morgan fingerprint density at radius 1 is 1.12 bits per heavy atom. The Labute approximate surface area is 200 Å². The van der Waals surface area contributed by atoms with Crippen LogP contribution in [0.4, 0.5) is 0 Å². The molecule has 1 N–H and O–H groups in total. The van der Waals surface area contributed by atoms with Gasteiger partial charge in [0.15, 0.2) is 5.65 Å². The molecule has 2 fully saturated rings. The van der Waals surface area contributed by atoms with Crippen molar-refractivity contribution in [2.45, 2.75) is 69.4 Å². The zero-order chi connectivity index (χ0) is 23.9. The molecule has 2 aliphatic rings. The van der Waals surface area contributed by atoms with Crippen LogP contribution in [0.2, 0.25) is 0 Å². The van der Waals surface area contributed by atoms with Crippen molar-refractivity contribution >= 4 is 27.0 Å². The first-order chi connectivity index (χ1) is 16.3. The number of rotatable bonds is 7. The van der Waals surface area contributed by atoms with Gasteiger partial charge in [0, 0.05) is 37.3 Å². The van der Waals surface area contributed by atoms with Crippen LogP contribution in [0.5, 0.6) is 0 Å². The molecule has 1 amide bonds. The summed E-state index contributed by atoms with van der Waals surface area (Å²) in [5, 5.41) is 8.20. The molecule has 0 unspecified atom stereocenters. The number of amides is 1. The van der Waals surface area contributed by atoms with Crippen molar-refractivity contribution in [3.05, 3.63) is 53.3 Å². The van der Waals surface area contributed by atoms with Crippen molar-refractivity contribution < 1.29 is 13.2 Å². The minimum atomic E-state index is -3.46. The van der Waals surface area contributed by atoms with Crippen LogP contribution in [0.3, 0.4) is 0 Å². The number of hydrogen-bond acceptors (Lipinski definition) is 5. The predicted octanol–water partition coefficient (Wildman–Crippen LogP) is 3.99. The third-order valence-electron chi connectivity index (χ3n) is 6.65. The molecule has 0 atom stereocenters. The zero-order valence-corrected chi connectivity index (χ0v) is 20.5. The fraction of sp³-hybridized carbons (Fsp3) is 0.480. The van der Waals surface area contributed by atoms with Crippen molar-refractivity contribution in [3.8, 4) is 0 Å². The minimum Gasteiger partial charge on any atom is -0.348 e. The molecule has 3 aromatic rings. The van der Waals surface area contributed by atoms with Gasteiger partial charge >= 0.3 is 0 Å². The van der Waals surface area contributed by atoms with Gasteiger partial charge in [0.1, 0.15) is 0 Å². The molecule has 1 saturated carbocycles. The molecule has 0 radical (unpaired) electrons. The molecule has 34 heavy (non-hydrogen) atoms. The molecule has 0 spiro atoms. The molecular weight excluding hydrogens is 450 g/mol.